The average molecular weight is 373 g/mol. The first-order valence-electron chi connectivity index (χ1n) is 8.95. The summed E-state index contributed by atoms with van der Waals surface area (Å²) in [7, 11) is 0. The zero-order valence-electron chi connectivity index (χ0n) is 15.2. The predicted octanol–water partition coefficient (Wildman–Crippen LogP) is 3.22. The van der Waals surface area contributed by atoms with Crippen molar-refractivity contribution in [1.29, 1.82) is 0 Å². The molecule has 2 heterocycles. The van der Waals surface area contributed by atoms with Gasteiger partial charge in [-0.15, -0.1) is 6.42 Å². The minimum Gasteiger partial charge on any atom is -0.378 e. The van der Waals surface area contributed by atoms with E-state index in [1.807, 2.05) is 42.5 Å². The summed E-state index contributed by atoms with van der Waals surface area (Å²) in [6, 6.07) is 13.0. The molecular weight excluding hydrogens is 354 g/mol. The Kier molecular flexibility index (Phi) is 5.04. The third kappa shape index (κ3) is 3.87. The van der Waals surface area contributed by atoms with E-state index in [1.54, 1.807) is 4.90 Å². The third-order valence-electron chi connectivity index (χ3n) is 4.48. The molecule has 0 unspecified atom stereocenters. The van der Waals surface area contributed by atoms with Crippen molar-refractivity contribution in [2.24, 2.45) is 0 Å². The van der Waals surface area contributed by atoms with Gasteiger partial charge >= 0.3 is 6.03 Å². The van der Waals surface area contributed by atoms with Crippen LogP contribution in [0.2, 0.25) is 0 Å². The molecule has 4 rings (SSSR count). The van der Waals surface area contributed by atoms with Crippen LogP contribution in [0.1, 0.15) is 5.56 Å². The normalized spacial score (nSPS) is 13.8. The highest BCUT2D eigenvalue weighted by atomic mass is 16.5. The summed E-state index contributed by atoms with van der Waals surface area (Å²) in [5.74, 6) is 3.29. The fourth-order valence-electron chi connectivity index (χ4n) is 3.03. The zero-order chi connectivity index (χ0) is 19.3. The van der Waals surface area contributed by atoms with Crippen molar-refractivity contribution in [3.8, 4) is 12.3 Å². The van der Waals surface area contributed by atoms with E-state index in [9.17, 15) is 4.79 Å². The minimum absolute atomic E-state index is 0.138. The minimum atomic E-state index is -0.138. The van der Waals surface area contributed by atoms with Gasteiger partial charge in [0.15, 0.2) is 0 Å². The standard InChI is InChI=1S/C21H19N5O2/c1-2-15-4-3-5-16(12-15)24-20-18-7-6-17(13-19(18)22-14-23-20)25-21(27)26-8-10-28-11-9-26/h1,3-7,12-14H,8-11H2,(H,25,27)(H,22,23,24). The molecule has 3 aromatic rings. The van der Waals surface area contributed by atoms with Gasteiger partial charge in [-0.1, -0.05) is 12.0 Å². The van der Waals surface area contributed by atoms with E-state index in [1.165, 1.54) is 6.33 Å². The molecule has 7 heteroatoms. The number of ether oxygens (including phenoxy) is 1. The number of urea groups is 1. The first kappa shape index (κ1) is 17.8. The molecule has 1 aromatic heterocycles. The number of carbonyl (C=O) groups excluding carboxylic acids is 1. The number of carbonyl (C=O) groups is 1. The van der Waals surface area contributed by atoms with Gasteiger partial charge in [0, 0.05) is 35.4 Å². The Morgan fingerprint density at radius 2 is 1.96 bits per heavy atom. The molecule has 28 heavy (non-hydrogen) atoms. The summed E-state index contributed by atoms with van der Waals surface area (Å²) in [6.45, 7) is 2.31. The third-order valence-corrected chi connectivity index (χ3v) is 4.48. The summed E-state index contributed by atoms with van der Waals surface area (Å²) in [5, 5.41) is 7.04. The molecule has 1 aliphatic rings. The van der Waals surface area contributed by atoms with E-state index in [2.05, 4.69) is 26.5 Å². The summed E-state index contributed by atoms with van der Waals surface area (Å²) in [4.78, 5) is 22.8. The quantitative estimate of drug-likeness (QED) is 0.689. The van der Waals surface area contributed by atoms with E-state index in [4.69, 9.17) is 11.2 Å². The number of amides is 2. The smallest absolute Gasteiger partial charge is 0.322 e. The summed E-state index contributed by atoms with van der Waals surface area (Å²) < 4.78 is 5.28. The first-order chi connectivity index (χ1) is 13.7. The maximum absolute atomic E-state index is 12.4. The molecule has 0 radical (unpaired) electrons. The summed E-state index contributed by atoms with van der Waals surface area (Å²) in [5.41, 5.74) is 3.05. The number of benzene rings is 2. The van der Waals surface area contributed by atoms with Crippen LogP contribution >= 0.6 is 0 Å². The molecule has 0 bridgehead atoms. The van der Waals surface area contributed by atoms with Crippen molar-refractivity contribution in [3.05, 3.63) is 54.4 Å². The van der Waals surface area contributed by atoms with Crippen molar-refractivity contribution < 1.29 is 9.53 Å². The lowest BCUT2D eigenvalue weighted by atomic mass is 10.2. The number of morpholine rings is 1. The van der Waals surface area contributed by atoms with Crippen LogP contribution in [-0.2, 0) is 4.74 Å². The molecule has 140 valence electrons. The molecule has 1 saturated heterocycles. The summed E-state index contributed by atoms with van der Waals surface area (Å²) in [6.07, 6.45) is 6.95. The van der Waals surface area contributed by atoms with Gasteiger partial charge in [0.25, 0.3) is 0 Å². The Labute approximate surface area is 162 Å². The largest absolute Gasteiger partial charge is 0.378 e. The van der Waals surface area contributed by atoms with Gasteiger partial charge in [0.05, 0.1) is 18.7 Å². The SMILES string of the molecule is C#Cc1cccc(Nc2ncnc3cc(NC(=O)N4CCOCC4)ccc23)c1. The second-order valence-corrected chi connectivity index (χ2v) is 6.33. The van der Waals surface area contributed by atoms with Gasteiger partial charge in [-0.3, -0.25) is 0 Å². The molecule has 2 aromatic carbocycles. The monoisotopic (exact) mass is 373 g/mol. The number of nitrogens with one attached hydrogen (secondary N) is 2. The highest BCUT2D eigenvalue weighted by Crippen LogP contribution is 2.25. The van der Waals surface area contributed by atoms with Crippen molar-refractivity contribution in [2.45, 2.75) is 0 Å². The van der Waals surface area contributed by atoms with Crippen LogP contribution < -0.4 is 10.6 Å². The Morgan fingerprint density at radius 1 is 1.11 bits per heavy atom. The van der Waals surface area contributed by atoms with Gasteiger partial charge in [0.1, 0.15) is 12.1 Å². The molecular formula is C21H19N5O2. The maximum atomic E-state index is 12.4. The van der Waals surface area contributed by atoms with Crippen LogP contribution in [0.25, 0.3) is 10.9 Å². The average Bonchev–Trinajstić information content (AvgIpc) is 2.74. The molecule has 1 aliphatic heterocycles. The number of rotatable bonds is 3. The van der Waals surface area contributed by atoms with Gasteiger partial charge in [-0.05, 0) is 36.4 Å². The van der Waals surface area contributed by atoms with E-state index < -0.39 is 0 Å². The molecule has 0 aliphatic carbocycles. The van der Waals surface area contributed by atoms with Crippen molar-refractivity contribution >= 4 is 34.1 Å². The second kappa shape index (κ2) is 7.94. The van der Waals surface area contributed by atoms with Gasteiger partial charge < -0.3 is 20.3 Å². The Bertz CT molecular complexity index is 1050. The molecule has 0 spiro atoms. The zero-order valence-corrected chi connectivity index (χ0v) is 15.2. The predicted molar refractivity (Wildman–Crippen MR) is 109 cm³/mol. The van der Waals surface area contributed by atoms with Crippen molar-refractivity contribution in [3.63, 3.8) is 0 Å². The van der Waals surface area contributed by atoms with E-state index in [0.717, 1.165) is 22.2 Å². The topological polar surface area (TPSA) is 79.4 Å². The number of nitrogens with zero attached hydrogens (tertiary/aromatic N) is 3. The molecule has 0 atom stereocenters. The number of hydrogen-bond acceptors (Lipinski definition) is 5. The molecule has 2 N–H and O–H groups in total. The van der Waals surface area contributed by atoms with E-state index in [0.29, 0.717) is 37.8 Å². The number of anilines is 3. The lowest BCUT2D eigenvalue weighted by Crippen LogP contribution is -2.43. The van der Waals surface area contributed by atoms with E-state index >= 15 is 0 Å². The highest BCUT2D eigenvalue weighted by Gasteiger charge is 2.17. The van der Waals surface area contributed by atoms with Gasteiger partial charge in [-0.2, -0.15) is 0 Å². The van der Waals surface area contributed by atoms with Crippen LogP contribution in [0.3, 0.4) is 0 Å². The fourth-order valence-corrected chi connectivity index (χ4v) is 3.03. The molecule has 7 nitrogen and oxygen atoms in total. The van der Waals surface area contributed by atoms with Crippen LogP contribution in [-0.4, -0.2) is 47.2 Å². The van der Waals surface area contributed by atoms with Crippen molar-refractivity contribution in [1.82, 2.24) is 14.9 Å². The lowest BCUT2D eigenvalue weighted by Gasteiger charge is -2.26. The van der Waals surface area contributed by atoms with Crippen LogP contribution in [0.15, 0.2) is 48.8 Å². The van der Waals surface area contributed by atoms with Gasteiger partial charge in [0.2, 0.25) is 0 Å². The molecule has 2 amide bonds. The lowest BCUT2D eigenvalue weighted by molar-refractivity contribution is 0.0564. The second-order valence-electron chi connectivity index (χ2n) is 6.33. The number of fused-ring (bicyclic) bond motifs is 1. The Balaban J connectivity index is 1.55. The van der Waals surface area contributed by atoms with Crippen LogP contribution in [0.4, 0.5) is 22.0 Å². The first-order valence-corrected chi connectivity index (χ1v) is 8.95. The molecule has 1 fully saturated rings. The van der Waals surface area contributed by atoms with E-state index in [-0.39, 0.29) is 6.03 Å². The number of terminal acetylenes is 1. The number of hydrogen-bond donors (Lipinski definition) is 2. The van der Waals surface area contributed by atoms with Crippen LogP contribution in [0.5, 0.6) is 0 Å². The maximum Gasteiger partial charge on any atom is 0.322 e. The molecule has 0 saturated carbocycles. The van der Waals surface area contributed by atoms with Gasteiger partial charge in [-0.25, -0.2) is 14.8 Å². The summed E-state index contributed by atoms with van der Waals surface area (Å²) >= 11 is 0. The Morgan fingerprint density at radius 3 is 2.79 bits per heavy atom. The Hall–Kier alpha value is -3.63. The van der Waals surface area contributed by atoms with Crippen LogP contribution in [0, 0.1) is 12.3 Å². The fraction of sp³-hybridized carbons (Fsp3) is 0.190. The highest BCUT2D eigenvalue weighted by molar-refractivity contribution is 5.96. The van der Waals surface area contributed by atoms with Crippen molar-refractivity contribution in [2.75, 3.05) is 36.9 Å². The number of aromatic nitrogens is 2.